The Morgan fingerprint density at radius 2 is 1.92 bits per heavy atom. The van der Waals surface area contributed by atoms with Gasteiger partial charge in [0.1, 0.15) is 18.0 Å². The molecule has 38 heavy (non-hydrogen) atoms. The van der Waals surface area contributed by atoms with Gasteiger partial charge in [0.05, 0.1) is 16.0 Å². The molecule has 3 N–H and O–H groups in total. The fourth-order valence-corrected chi connectivity index (χ4v) is 8.04. The summed E-state index contributed by atoms with van der Waals surface area (Å²) >= 11 is 5.95. The van der Waals surface area contributed by atoms with Crippen molar-refractivity contribution in [3.63, 3.8) is 0 Å². The highest BCUT2D eigenvalue weighted by molar-refractivity contribution is 7.94. The summed E-state index contributed by atoms with van der Waals surface area (Å²) < 4.78 is 32.8. The van der Waals surface area contributed by atoms with Crippen LogP contribution in [0.25, 0.3) is 0 Å². The first kappa shape index (κ1) is 27.1. The number of nitrogens with zero attached hydrogens (tertiary/aromatic N) is 3. The number of ether oxygens (including phenoxy) is 1. The number of hydrogen-bond acceptors (Lipinski definition) is 7. The minimum atomic E-state index is -3.41. The van der Waals surface area contributed by atoms with E-state index in [0.717, 1.165) is 5.56 Å². The number of fused-ring (bicyclic) bond motifs is 1. The van der Waals surface area contributed by atoms with E-state index in [1.807, 2.05) is 19.1 Å². The molecule has 12 heteroatoms. The van der Waals surface area contributed by atoms with Gasteiger partial charge in [-0.3, -0.25) is 14.3 Å². The van der Waals surface area contributed by atoms with Gasteiger partial charge in [-0.05, 0) is 64.2 Å². The largest absolute Gasteiger partial charge is 0.354 e. The van der Waals surface area contributed by atoms with Crippen molar-refractivity contribution in [1.29, 1.82) is 0 Å². The predicted octanol–water partition coefficient (Wildman–Crippen LogP) is 2.80. The quantitative estimate of drug-likeness (QED) is 0.424. The lowest BCUT2D eigenvalue weighted by Gasteiger charge is -2.36. The van der Waals surface area contributed by atoms with Gasteiger partial charge in [-0.15, -0.1) is 0 Å². The summed E-state index contributed by atoms with van der Waals surface area (Å²) in [6, 6.07) is 7.12. The molecular weight excluding hydrogens is 530 g/mol. The number of sulfone groups is 1. The van der Waals surface area contributed by atoms with Crippen molar-refractivity contribution in [1.82, 2.24) is 20.0 Å². The van der Waals surface area contributed by atoms with Gasteiger partial charge in [0.25, 0.3) is 11.8 Å². The van der Waals surface area contributed by atoms with E-state index in [2.05, 4.69) is 10.4 Å². The number of carbonyl (C=O) groups is 2. The maximum absolute atomic E-state index is 13.8. The van der Waals surface area contributed by atoms with Crippen LogP contribution in [0.1, 0.15) is 84.7 Å². The van der Waals surface area contributed by atoms with Gasteiger partial charge in [0.2, 0.25) is 0 Å². The Balaban J connectivity index is 1.45. The van der Waals surface area contributed by atoms with Crippen molar-refractivity contribution in [2.24, 2.45) is 5.73 Å². The normalized spacial score (nSPS) is 22.1. The summed E-state index contributed by atoms with van der Waals surface area (Å²) in [5, 5.41) is 7.95. The summed E-state index contributed by atoms with van der Waals surface area (Å²) in [6.45, 7) is 6.08. The van der Waals surface area contributed by atoms with Crippen molar-refractivity contribution < 1.29 is 22.7 Å². The standard InChI is InChI=1S/C26H34ClN5O5S/c1-4-32-22-20(21(30-32)23(33)29-13-17-5-7-18(27)8-6-17)19(37-16(2)28)14-31(24(22)34)15-26(11-12-26)38(35,36)25(3)9-10-25/h5-8,16,19H,4,9-15,28H2,1-3H3,(H,29,33). The Labute approximate surface area is 227 Å². The lowest BCUT2D eigenvalue weighted by Crippen LogP contribution is -2.50. The average molecular weight is 564 g/mol. The van der Waals surface area contributed by atoms with Gasteiger partial charge >= 0.3 is 0 Å². The zero-order valence-corrected chi connectivity index (χ0v) is 23.4. The average Bonchev–Trinajstić information content (AvgIpc) is 3.78. The molecule has 0 saturated heterocycles. The van der Waals surface area contributed by atoms with Crippen molar-refractivity contribution in [2.75, 3.05) is 13.1 Å². The van der Waals surface area contributed by atoms with E-state index in [1.54, 1.807) is 30.9 Å². The molecule has 2 saturated carbocycles. The van der Waals surface area contributed by atoms with E-state index >= 15 is 0 Å². The van der Waals surface area contributed by atoms with Crippen LogP contribution in [0.3, 0.4) is 0 Å². The minimum absolute atomic E-state index is 0.0915. The predicted molar refractivity (Wildman–Crippen MR) is 142 cm³/mol. The van der Waals surface area contributed by atoms with Crippen LogP contribution in [0, 0.1) is 0 Å². The van der Waals surface area contributed by atoms with Crippen molar-refractivity contribution in [2.45, 2.75) is 81.4 Å². The fraction of sp³-hybridized carbons (Fsp3) is 0.577. The van der Waals surface area contributed by atoms with Crippen LogP contribution < -0.4 is 11.1 Å². The summed E-state index contributed by atoms with van der Waals surface area (Å²) in [6.07, 6.45) is 0.972. The topological polar surface area (TPSA) is 137 Å². The summed E-state index contributed by atoms with van der Waals surface area (Å²) in [4.78, 5) is 28.7. The number of aryl methyl sites for hydroxylation is 1. The summed E-state index contributed by atoms with van der Waals surface area (Å²) in [7, 11) is -3.41. The van der Waals surface area contributed by atoms with Gasteiger partial charge in [0, 0.05) is 30.2 Å². The van der Waals surface area contributed by atoms with Gasteiger partial charge in [0.15, 0.2) is 15.5 Å². The van der Waals surface area contributed by atoms with Gasteiger partial charge < -0.3 is 20.7 Å². The molecule has 10 nitrogen and oxygen atoms in total. The minimum Gasteiger partial charge on any atom is -0.354 e. The van der Waals surface area contributed by atoms with E-state index < -0.39 is 37.6 Å². The first-order valence-corrected chi connectivity index (χ1v) is 14.9. The molecule has 2 aromatic rings. The van der Waals surface area contributed by atoms with Crippen LogP contribution in [0.4, 0.5) is 0 Å². The van der Waals surface area contributed by atoms with Crippen molar-refractivity contribution >= 4 is 33.3 Å². The van der Waals surface area contributed by atoms with Crippen LogP contribution in [0.2, 0.25) is 5.02 Å². The molecule has 2 heterocycles. The van der Waals surface area contributed by atoms with Crippen LogP contribution in [-0.2, 0) is 27.7 Å². The Bertz CT molecular complexity index is 1360. The monoisotopic (exact) mass is 563 g/mol. The maximum atomic E-state index is 13.8. The highest BCUT2D eigenvalue weighted by Crippen LogP contribution is 2.56. The molecular formula is C26H34ClN5O5S. The molecule has 206 valence electrons. The number of rotatable bonds is 10. The Hall–Kier alpha value is -2.47. The Morgan fingerprint density at radius 1 is 1.26 bits per heavy atom. The molecule has 0 radical (unpaired) electrons. The zero-order chi connectivity index (χ0) is 27.5. The van der Waals surface area contributed by atoms with Gasteiger partial charge in [-0.2, -0.15) is 5.10 Å². The third-order valence-electron chi connectivity index (χ3n) is 7.91. The third-order valence-corrected chi connectivity index (χ3v) is 11.5. The highest BCUT2D eigenvalue weighted by Gasteiger charge is 2.66. The molecule has 2 aliphatic carbocycles. The molecule has 0 spiro atoms. The lowest BCUT2D eigenvalue weighted by atomic mass is 9.99. The lowest BCUT2D eigenvalue weighted by molar-refractivity contribution is -0.0232. The van der Waals surface area contributed by atoms with Crippen molar-refractivity contribution in [3.05, 3.63) is 51.8 Å². The second-order valence-electron chi connectivity index (χ2n) is 10.9. The third kappa shape index (κ3) is 4.63. The first-order chi connectivity index (χ1) is 17.9. The molecule has 2 fully saturated rings. The van der Waals surface area contributed by atoms with Crippen LogP contribution in [0.5, 0.6) is 0 Å². The molecule has 1 aliphatic heterocycles. The maximum Gasteiger partial charge on any atom is 0.272 e. The second-order valence-corrected chi connectivity index (χ2v) is 14.2. The van der Waals surface area contributed by atoms with Crippen LogP contribution in [-0.4, -0.2) is 63.7 Å². The highest BCUT2D eigenvalue weighted by atomic mass is 35.5. The van der Waals surface area contributed by atoms with Gasteiger partial charge in [-0.25, -0.2) is 8.42 Å². The van der Waals surface area contributed by atoms with Crippen molar-refractivity contribution in [3.8, 4) is 0 Å². The molecule has 3 aliphatic rings. The number of hydrogen-bond donors (Lipinski definition) is 2. The molecule has 2 unspecified atom stereocenters. The van der Waals surface area contributed by atoms with E-state index in [-0.39, 0.29) is 36.9 Å². The number of halogens is 1. The van der Waals surface area contributed by atoms with Crippen LogP contribution >= 0.6 is 11.6 Å². The number of nitrogens with one attached hydrogen (secondary N) is 1. The smallest absolute Gasteiger partial charge is 0.272 e. The Morgan fingerprint density at radius 3 is 2.47 bits per heavy atom. The fourth-order valence-electron chi connectivity index (χ4n) is 5.27. The molecule has 2 atom stereocenters. The second kappa shape index (κ2) is 9.62. The van der Waals surface area contributed by atoms with Gasteiger partial charge in [-0.1, -0.05) is 23.7 Å². The molecule has 2 amide bonds. The number of amides is 2. The molecule has 1 aromatic carbocycles. The summed E-state index contributed by atoms with van der Waals surface area (Å²) in [5.74, 6) is -0.788. The first-order valence-electron chi connectivity index (χ1n) is 13.0. The molecule has 5 rings (SSSR count). The zero-order valence-electron chi connectivity index (χ0n) is 21.9. The van der Waals surface area contributed by atoms with E-state index in [0.29, 0.717) is 42.8 Å². The number of aromatic nitrogens is 2. The van der Waals surface area contributed by atoms with E-state index in [4.69, 9.17) is 22.1 Å². The van der Waals surface area contributed by atoms with E-state index in [9.17, 15) is 18.0 Å². The molecule has 1 aromatic heterocycles. The SMILES string of the molecule is CCn1nc(C(=O)NCc2ccc(Cl)cc2)c2c1C(=O)N(CC1(S(=O)(=O)C3(C)CC3)CC1)CC2OC(C)N. The molecule has 0 bridgehead atoms. The number of benzene rings is 1. The number of nitrogens with two attached hydrogens (primary N) is 1. The van der Waals surface area contributed by atoms with E-state index in [1.165, 1.54) is 4.68 Å². The number of carbonyl (C=O) groups excluding carboxylic acids is 2. The van der Waals surface area contributed by atoms with Crippen LogP contribution in [0.15, 0.2) is 24.3 Å². The Kier molecular flexibility index (Phi) is 6.86. The summed E-state index contributed by atoms with van der Waals surface area (Å²) in [5.41, 5.74) is 7.58.